The highest BCUT2D eigenvalue weighted by molar-refractivity contribution is 7.89. The number of likely N-dealkylation sites (tertiary alicyclic amines) is 1. The van der Waals surface area contributed by atoms with Crippen LogP contribution in [0.4, 0.5) is 8.78 Å². The van der Waals surface area contributed by atoms with E-state index in [0.717, 1.165) is 56.2 Å². The highest BCUT2D eigenvalue weighted by Gasteiger charge is 2.31. The van der Waals surface area contributed by atoms with Crippen LogP contribution in [-0.2, 0) is 14.8 Å². The maximum atomic E-state index is 14.7. The van der Waals surface area contributed by atoms with Crippen LogP contribution in [-0.4, -0.2) is 58.9 Å². The highest BCUT2D eigenvalue weighted by Crippen LogP contribution is 2.45. The third kappa shape index (κ3) is 7.19. The van der Waals surface area contributed by atoms with Crippen molar-refractivity contribution in [2.75, 3.05) is 39.7 Å². The van der Waals surface area contributed by atoms with Crippen LogP contribution >= 0.6 is 11.6 Å². The van der Waals surface area contributed by atoms with Gasteiger partial charge in [-0.1, -0.05) is 17.7 Å². The zero-order valence-electron chi connectivity index (χ0n) is 20.8. The molecule has 2 fully saturated rings. The average Bonchev–Trinajstić information content (AvgIpc) is 3.68. The number of amides is 1. The number of benzene rings is 2. The fraction of sp³-hybridized carbons (Fsp3) is 0.500. The Morgan fingerprint density at radius 2 is 1.84 bits per heavy atom. The van der Waals surface area contributed by atoms with Crippen molar-refractivity contribution >= 4 is 27.5 Å². The van der Waals surface area contributed by atoms with Crippen LogP contribution in [0.1, 0.15) is 59.1 Å². The first kappa shape index (κ1) is 27.8. The molecule has 1 amide bonds. The first-order valence-electron chi connectivity index (χ1n) is 12.2. The summed E-state index contributed by atoms with van der Waals surface area (Å²) in [5.74, 6) is -1.45. The lowest BCUT2D eigenvalue weighted by atomic mass is 9.95. The second-order valence-electron chi connectivity index (χ2n) is 9.78. The molecule has 1 saturated carbocycles. The third-order valence-corrected chi connectivity index (χ3v) is 7.70. The minimum atomic E-state index is -3.81. The van der Waals surface area contributed by atoms with Crippen LogP contribution in [0.3, 0.4) is 0 Å². The lowest BCUT2D eigenvalue weighted by Gasteiger charge is -2.37. The molecule has 0 aromatic heterocycles. The average molecular weight is 557 g/mol. The smallest absolute Gasteiger partial charge is 0.267 e. The topological polar surface area (TPSA) is 84.9 Å². The van der Waals surface area contributed by atoms with Gasteiger partial charge in [-0.15, -0.1) is 0 Å². The van der Waals surface area contributed by atoms with Crippen LogP contribution in [0, 0.1) is 17.6 Å². The molecule has 0 spiro atoms. The monoisotopic (exact) mass is 556 g/mol. The molecule has 1 atom stereocenters. The highest BCUT2D eigenvalue weighted by atomic mass is 35.5. The molecular formula is C26H31ClF2N2O5S. The summed E-state index contributed by atoms with van der Waals surface area (Å²) in [6.45, 7) is 2.42. The number of rotatable bonds is 10. The fourth-order valence-corrected chi connectivity index (χ4v) is 5.37. The summed E-state index contributed by atoms with van der Waals surface area (Å²) in [6, 6.07) is 7.29. The van der Waals surface area contributed by atoms with Crippen molar-refractivity contribution in [2.24, 2.45) is 5.92 Å². The number of hydrogen-bond donors (Lipinski definition) is 1. The van der Waals surface area contributed by atoms with Crippen LogP contribution in [0.5, 0.6) is 5.75 Å². The van der Waals surface area contributed by atoms with E-state index in [4.69, 9.17) is 21.1 Å². The van der Waals surface area contributed by atoms with Crippen molar-refractivity contribution in [2.45, 2.75) is 37.6 Å². The van der Waals surface area contributed by atoms with Crippen LogP contribution in [0.25, 0.3) is 0 Å². The third-order valence-electron chi connectivity index (χ3n) is 6.86. The summed E-state index contributed by atoms with van der Waals surface area (Å²) in [6.07, 6.45) is 4.36. The molecule has 0 radical (unpaired) electrons. The molecule has 1 heterocycles. The molecule has 0 bridgehead atoms. The summed E-state index contributed by atoms with van der Waals surface area (Å²) in [5.41, 5.74) is 1.32. The Bertz CT molecular complexity index is 1250. The van der Waals surface area contributed by atoms with Gasteiger partial charge in [0.25, 0.3) is 5.91 Å². The molecule has 37 heavy (non-hydrogen) atoms. The lowest BCUT2D eigenvalue weighted by molar-refractivity contribution is 0.0556. The Morgan fingerprint density at radius 1 is 1.14 bits per heavy atom. The predicted octanol–water partition coefficient (Wildman–Crippen LogP) is 4.66. The molecule has 1 saturated heterocycles. The number of hydrogen-bond acceptors (Lipinski definition) is 6. The molecule has 1 aliphatic heterocycles. The summed E-state index contributed by atoms with van der Waals surface area (Å²) in [7, 11) is -2.18. The number of nitrogens with one attached hydrogen (secondary N) is 1. The van der Waals surface area contributed by atoms with E-state index in [-0.39, 0.29) is 28.5 Å². The van der Waals surface area contributed by atoms with Gasteiger partial charge >= 0.3 is 0 Å². The van der Waals surface area contributed by atoms with E-state index >= 15 is 0 Å². The predicted molar refractivity (Wildman–Crippen MR) is 137 cm³/mol. The van der Waals surface area contributed by atoms with Crippen molar-refractivity contribution < 1.29 is 31.5 Å². The van der Waals surface area contributed by atoms with E-state index in [2.05, 4.69) is 4.90 Å². The maximum Gasteiger partial charge on any atom is 0.267 e. The number of ether oxygens (including phenoxy) is 2. The number of nitrogens with zero attached hydrogens (tertiary/aromatic N) is 1. The number of carbonyl (C=O) groups excluding carboxylic acids is 1. The van der Waals surface area contributed by atoms with E-state index in [0.29, 0.717) is 19.0 Å². The summed E-state index contributed by atoms with van der Waals surface area (Å²) >= 11 is 6.00. The molecule has 4 rings (SSSR count). The number of sulfonamides is 1. The second-order valence-corrected chi connectivity index (χ2v) is 11.9. The van der Waals surface area contributed by atoms with Crippen molar-refractivity contribution in [1.82, 2.24) is 9.62 Å². The molecule has 11 heteroatoms. The van der Waals surface area contributed by atoms with Gasteiger partial charge in [0.1, 0.15) is 17.4 Å². The zero-order chi connectivity index (χ0) is 26.7. The number of piperidine rings is 1. The van der Waals surface area contributed by atoms with Gasteiger partial charge < -0.3 is 9.47 Å². The van der Waals surface area contributed by atoms with Gasteiger partial charge in [0, 0.05) is 13.2 Å². The SMILES string of the molecule is COCC(c1ccc(F)c(Cl)c1)N1CCC(COc2cc(F)c(C(=O)NS(C)(=O)=O)cc2C2CC2)CC1. The Kier molecular flexibility index (Phi) is 8.73. The molecule has 1 N–H and O–H groups in total. The molecule has 1 unspecified atom stereocenters. The van der Waals surface area contributed by atoms with Gasteiger partial charge in [0.15, 0.2) is 0 Å². The first-order chi connectivity index (χ1) is 17.6. The first-order valence-corrected chi connectivity index (χ1v) is 14.5. The number of halogens is 3. The minimum Gasteiger partial charge on any atom is -0.493 e. The van der Waals surface area contributed by atoms with Crippen molar-refractivity contribution in [1.29, 1.82) is 0 Å². The van der Waals surface area contributed by atoms with E-state index < -0.39 is 27.6 Å². The number of carbonyl (C=O) groups is 1. The van der Waals surface area contributed by atoms with Gasteiger partial charge in [0.2, 0.25) is 10.0 Å². The summed E-state index contributed by atoms with van der Waals surface area (Å²) in [5, 5.41) is 0.0837. The van der Waals surface area contributed by atoms with Gasteiger partial charge in [-0.25, -0.2) is 21.9 Å². The Labute approximate surface area is 221 Å². The van der Waals surface area contributed by atoms with Crippen LogP contribution in [0.2, 0.25) is 5.02 Å². The standard InChI is InChI=1S/C26H31ClF2N2O5S/c1-35-15-24(18-5-6-22(28)21(27)11-18)31-9-7-16(8-10-31)14-36-25-13-23(29)20(12-19(25)17-3-4-17)26(32)30-37(2,33)34/h5-6,11-13,16-17,24H,3-4,7-10,14-15H2,1-2H3,(H,30,32). The molecule has 2 aliphatic rings. The van der Waals surface area contributed by atoms with Gasteiger partial charge in [-0.2, -0.15) is 0 Å². The quantitative estimate of drug-likeness (QED) is 0.458. The largest absolute Gasteiger partial charge is 0.493 e. The molecule has 2 aromatic carbocycles. The summed E-state index contributed by atoms with van der Waals surface area (Å²) in [4.78, 5) is 14.5. The van der Waals surface area contributed by atoms with E-state index in [1.165, 1.54) is 18.2 Å². The van der Waals surface area contributed by atoms with Gasteiger partial charge in [-0.05, 0) is 79.9 Å². The van der Waals surface area contributed by atoms with E-state index in [1.807, 2.05) is 4.72 Å². The second kappa shape index (κ2) is 11.6. The molecule has 1 aliphatic carbocycles. The fourth-order valence-electron chi connectivity index (χ4n) is 4.74. The van der Waals surface area contributed by atoms with Crippen LogP contribution in [0.15, 0.2) is 30.3 Å². The Hall–Kier alpha value is -2.27. The van der Waals surface area contributed by atoms with E-state index in [1.54, 1.807) is 19.2 Å². The molecular weight excluding hydrogens is 526 g/mol. The van der Waals surface area contributed by atoms with Crippen molar-refractivity contribution in [3.8, 4) is 5.75 Å². The normalized spacial score (nSPS) is 18.0. The maximum absolute atomic E-state index is 14.7. The van der Waals surface area contributed by atoms with Crippen LogP contribution < -0.4 is 9.46 Å². The lowest BCUT2D eigenvalue weighted by Crippen LogP contribution is -2.39. The molecule has 2 aromatic rings. The van der Waals surface area contributed by atoms with Crippen molar-refractivity contribution in [3.63, 3.8) is 0 Å². The minimum absolute atomic E-state index is 0.0499. The van der Waals surface area contributed by atoms with Gasteiger partial charge in [0.05, 0.1) is 36.1 Å². The number of methoxy groups -OCH3 is 1. The van der Waals surface area contributed by atoms with Gasteiger partial charge in [-0.3, -0.25) is 9.69 Å². The molecule has 202 valence electrons. The van der Waals surface area contributed by atoms with Crippen molar-refractivity contribution in [3.05, 3.63) is 63.7 Å². The molecule has 7 nitrogen and oxygen atoms in total. The Morgan fingerprint density at radius 3 is 2.43 bits per heavy atom. The zero-order valence-corrected chi connectivity index (χ0v) is 22.4. The van der Waals surface area contributed by atoms with E-state index in [9.17, 15) is 22.0 Å². The summed E-state index contributed by atoms with van der Waals surface area (Å²) < 4.78 is 64.5. The Balaban J connectivity index is 1.39.